The number of nitrogens with zero attached hydrogens (tertiary/aromatic N) is 2. The van der Waals surface area contributed by atoms with Gasteiger partial charge in [-0.15, -0.1) is 0 Å². The molecule has 0 bridgehead atoms. The molecule has 0 radical (unpaired) electrons. The van der Waals surface area contributed by atoms with Gasteiger partial charge in [0.25, 0.3) is 5.91 Å². The minimum atomic E-state index is -0.580. The molecule has 0 aliphatic rings. The highest BCUT2D eigenvalue weighted by Crippen LogP contribution is 2.19. The third kappa shape index (κ3) is 4.82. The van der Waals surface area contributed by atoms with Crippen LogP contribution < -0.4 is 10.1 Å². The van der Waals surface area contributed by atoms with E-state index in [9.17, 15) is 9.59 Å². The highest BCUT2D eigenvalue weighted by molar-refractivity contribution is 5.96. The predicted molar refractivity (Wildman–Crippen MR) is 110 cm³/mol. The number of ether oxygens (including phenoxy) is 2. The molecule has 0 aliphatic heterocycles. The summed E-state index contributed by atoms with van der Waals surface area (Å²) in [5.41, 5.74) is 3.01. The van der Waals surface area contributed by atoms with Gasteiger partial charge >= 0.3 is 5.97 Å². The number of esters is 1. The highest BCUT2D eigenvalue weighted by Gasteiger charge is 2.21. The molecule has 0 aliphatic carbocycles. The summed E-state index contributed by atoms with van der Waals surface area (Å²) in [6.07, 6.45) is 0. The van der Waals surface area contributed by atoms with Crippen molar-refractivity contribution in [1.82, 2.24) is 9.78 Å². The first-order valence-corrected chi connectivity index (χ1v) is 9.31. The van der Waals surface area contributed by atoms with E-state index in [2.05, 4.69) is 10.4 Å². The SMILES string of the molecule is CCOc1ccc(NC(=O)COC(=O)c2c(C)nn(-c3ccccc3)c2C)cc1. The summed E-state index contributed by atoms with van der Waals surface area (Å²) < 4.78 is 12.3. The van der Waals surface area contributed by atoms with Crippen LogP contribution in [0.4, 0.5) is 5.69 Å². The average molecular weight is 393 g/mol. The molecule has 0 unspecified atom stereocenters. The van der Waals surface area contributed by atoms with E-state index in [0.717, 1.165) is 11.4 Å². The first-order valence-electron chi connectivity index (χ1n) is 9.31. The van der Waals surface area contributed by atoms with E-state index in [1.54, 1.807) is 42.8 Å². The van der Waals surface area contributed by atoms with Gasteiger partial charge in [-0.1, -0.05) is 18.2 Å². The van der Waals surface area contributed by atoms with Gasteiger partial charge < -0.3 is 14.8 Å². The molecule has 0 atom stereocenters. The molecule has 1 aromatic heterocycles. The van der Waals surface area contributed by atoms with Crippen LogP contribution >= 0.6 is 0 Å². The molecule has 150 valence electrons. The lowest BCUT2D eigenvalue weighted by molar-refractivity contribution is -0.119. The normalized spacial score (nSPS) is 10.4. The molecule has 1 heterocycles. The second-order valence-electron chi connectivity index (χ2n) is 6.37. The van der Waals surface area contributed by atoms with E-state index in [4.69, 9.17) is 9.47 Å². The molecular weight excluding hydrogens is 370 g/mol. The summed E-state index contributed by atoms with van der Waals surface area (Å²) in [6.45, 7) is 5.62. The Morgan fingerprint density at radius 3 is 2.38 bits per heavy atom. The van der Waals surface area contributed by atoms with Crippen LogP contribution in [0.2, 0.25) is 0 Å². The minimum absolute atomic E-state index is 0.364. The largest absolute Gasteiger partial charge is 0.494 e. The second-order valence-corrected chi connectivity index (χ2v) is 6.37. The molecule has 1 N–H and O–H groups in total. The number of hydrogen-bond donors (Lipinski definition) is 1. The number of hydrogen-bond acceptors (Lipinski definition) is 5. The second kappa shape index (κ2) is 9.05. The lowest BCUT2D eigenvalue weighted by Crippen LogP contribution is -2.21. The maximum atomic E-state index is 12.5. The molecule has 29 heavy (non-hydrogen) atoms. The molecule has 7 heteroatoms. The Kier molecular flexibility index (Phi) is 6.29. The van der Waals surface area contributed by atoms with Gasteiger partial charge in [0.1, 0.15) is 11.3 Å². The molecule has 0 spiro atoms. The minimum Gasteiger partial charge on any atom is -0.494 e. The lowest BCUT2D eigenvalue weighted by atomic mass is 10.2. The number of carbonyl (C=O) groups excluding carboxylic acids is 2. The fraction of sp³-hybridized carbons (Fsp3) is 0.227. The third-order valence-electron chi connectivity index (χ3n) is 4.28. The van der Waals surface area contributed by atoms with Crippen molar-refractivity contribution in [3.8, 4) is 11.4 Å². The quantitative estimate of drug-likeness (QED) is 0.619. The summed E-state index contributed by atoms with van der Waals surface area (Å²) in [5, 5.41) is 7.11. The summed E-state index contributed by atoms with van der Waals surface area (Å²) in [4.78, 5) is 24.6. The predicted octanol–water partition coefficient (Wildman–Crippen LogP) is 3.68. The number of para-hydroxylation sites is 1. The zero-order valence-electron chi connectivity index (χ0n) is 16.6. The van der Waals surface area contributed by atoms with Gasteiger partial charge in [0.05, 0.1) is 23.7 Å². The Morgan fingerprint density at radius 1 is 1.03 bits per heavy atom. The zero-order chi connectivity index (χ0) is 20.8. The van der Waals surface area contributed by atoms with Crippen molar-refractivity contribution >= 4 is 17.6 Å². The molecular formula is C22H23N3O4. The smallest absolute Gasteiger partial charge is 0.342 e. The monoisotopic (exact) mass is 393 g/mol. The van der Waals surface area contributed by atoms with E-state index in [0.29, 0.717) is 29.2 Å². The molecule has 0 saturated heterocycles. The van der Waals surface area contributed by atoms with Crippen LogP contribution in [0.15, 0.2) is 54.6 Å². The number of rotatable bonds is 7. The van der Waals surface area contributed by atoms with Crippen LogP contribution in [0.25, 0.3) is 5.69 Å². The standard InChI is InChI=1S/C22H23N3O4/c1-4-28-19-12-10-17(11-13-19)23-20(26)14-29-22(27)21-15(2)24-25(16(21)3)18-8-6-5-7-9-18/h5-13H,4,14H2,1-3H3,(H,23,26). The first kappa shape index (κ1) is 20.1. The van der Waals surface area contributed by atoms with Crippen molar-refractivity contribution in [1.29, 1.82) is 0 Å². The van der Waals surface area contributed by atoms with Crippen molar-refractivity contribution in [3.05, 3.63) is 71.5 Å². The number of carbonyl (C=O) groups is 2. The number of aryl methyl sites for hydroxylation is 1. The number of aromatic nitrogens is 2. The Morgan fingerprint density at radius 2 is 1.72 bits per heavy atom. The third-order valence-corrected chi connectivity index (χ3v) is 4.28. The Hall–Kier alpha value is -3.61. The van der Waals surface area contributed by atoms with E-state index in [1.165, 1.54) is 0 Å². The van der Waals surface area contributed by atoms with E-state index < -0.39 is 11.9 Å². The van der Waals surface area contributed by atoms with Crippen molar-refractivity contribution in [2.24, 2.45) is 0 Å². The first-order chi connectivity index (χ1) is 14.0. The van der Waals surface area contributed by atoms with Crippen molar-refractivity contribution in [3.63, 3.8) is 0 Å². The maximum absolute atomic E-state index is 12.5. The van der Waals surface area contributed by atoms with E-state index in [-0.39, 0.29) is 6.61 Å². The molecule has 0 saturated carbocycles. The molecule has 1 amide bonds. The van der Waals surface area contributed by atoms with Crippen LogP contribution in [0.1, 0.15) is 28.7 Å². The Labute approximate surface area is 169 Å². The van der Waals surface area contributed by atoms with Crippen LogP contribution in [0.5, 0.6) is 5.75 Å². The zero-order valence-corrected chi connectivity index (χ0v) is 16.6. The molecule has 0 fully saturated rings. The van der Waals surface area contributed by atoms with Crippen molar-refractivity contribution in [2.45, 2.75) is 20.8 Å². The average Bonchev–Trinajstić information content (AvgIpc) is 3.03. The van der Waals surface area contributed by atoms with Crippen LogP contribution in [-0.4, -0.2) is 34.9 Å². The van der Waals surface area contributed by atoms with Gasteiger partial charge in [0.2, 0.25) is 0 Å². The highest BCUT2D eigenvalue weighted by atomic mass is 16.5. The van der Waals surface area contributed by atoms with Crippen LogP contribution in [-0.2, 0) is 9.53 Å². The van der Waals surface area contributed by atoms with Crippen LogP contribution in [0, 0.1) is 13.8 Å². The Balaban J connectivity index is 1.62. The molecule has 3 rings (SSSR count). The topological polar surface area (TPSA) is 82.4 Å². The summed E-state index contributed by atoms with van der Waals surface area (Å²) >= 11 is 0. The van der Waals surface area contributed by atoms with Crippen molar-refractivity contribution < 1.29 is 19.1 Å². The van der Waals surface area contributed by atoms with Gasteiger partial charge in [0, 0.05) is 5.69 Å². The van der Waals surface area contributed by atoms with Crippen LogP contribution in [0.3, 0.4) is 0 Å². The van der Waals surface area contributed by atoms with Gasteiger partial charge in [-0.25, -0.2) is 9.48 Å². The molecule has 2 aromatic carbocycles. The fourth-order valence-electron chi connectivity index (χ4n) is 2.96. The van der Waals surface area contributed by atoms with Gasteiger partial charge in [-0.2, -0.15) is 5.10 Å². The van der Waals surface area contributed by atoms with Gasteiger partial charge in [-0.3, -0.25) is 4.79 Å². The van der Waals surface area contributed by atoms with E-state index in [1.807, 2.05) is 37.3 Å². The lowest BCUT2D eigenvalue weighted by Gasteiger charge is -2.08. The summed E-state index contributed by atoms with van der Waals surface area (Å²) in [6, 6.07) is 16.5. The number of amides is 1. The molecule has 7 nitrogen and oxygen atoms in total. The summed E-state index contributed by atoms with van der Waals surface area (Å²) in [5.74, 6) is -0.282. The molecule has 3 aromatic rings. The number of benzene rings is 2. The van der Waals surface area contributed by atoms with Gasteiger partial charge in [-0.05, 0) is 57.2 Å². The fourth-order valence-corrected chi connectivity index (χ4v) is 2.96. The number of anilines is 1. The number of nitrogens with one attached hydrogen (secondary N) is 1. The maximum Gasteiger partial charge on any atom is 0.342 e. The summed E-state index contributed by atoms with van der Waals surface area (Å²) in [7, 11) is 0. The van der Waals surface area contributed by atoms with E-state index >= 15 is 0 Å². The van der Waals surface area contributed by atoms with Gasteiger partial charge in [0.15, 0.2) is 6.61 Å². The Bertz CT molecular complexity index is 995. The van der Waals surface area contributed by atoms with Crippen molar-refractivity contribution in [2.75, 3.05) is 18.5 Å².